The summed E-state index contributed by atoms with van der Waals surface area (Å²) in [6.45, 7) is 4.77. The zero-order valence-corrected chi connectivity index (χ0v) is 13.0. The van der Waals surface area contributed by atoms with Gasteiger partial charge in [0.1, 0.15) is 11.6 Å². The van der Waals surface area contributed by atoms with Gasteiger partial charge < -0.3 is 10.4 Å². The molecule has 0 saturated carbocycles. The summed E-state index contributed by atoms with van der Waals surface area (Å²) < 4.78 is 26.8. The lowest BCUT2D eigenvalue weighted by Crippen LogP contribution is -2.35. The Morgan fingerprint density at radius 1 is 1.32 bits per heavy atom. The molecule has 0 saturated heterocycles. The third-order valence-electron chi connectivity index (χ3n) is 3.43. The molecule has 122 valence electrons. The summed E-state index contributed by atoms with van der Waals surface area (Å²) in [4.78, 5) is 23.1. The lowest BCUT2D eigenvalue weighted by atomic mass is 9.89. The van der Waals surface area contributed by atoms with Crippen molar-refractivity contribution in [2.45, 2.75) is 46.1 Å². The van der Waals surface area contributed by atoms with Crippen molar-refractivity contribution in [1.29, 1.82) is 0 Å². The summed E-state index contributed by atoms with van der Waals surface area (Å²) in [7, 11) is 0. The number of rotatable bonds is 7. The molecular weight excluding hydrogens is 292 g/mol. The molecule has 1 rings (SSSR count). The van der Waals surface area contributed by atoms with Crippen molar-refractivity contribution in [2.75, 3.05) is 0 Å². The van der Waals surface area contributed by atoms with E-state index in [1.165, 1.54) is 19.9 Å². The Morgan fingerprint density at radius 3 is 2.45 bits per heavy atom. The van der Waals surface area contributed by atoms with E-state index in [1.54, 1.807) is 0 Å². The second-order valence-electron chi connectivity index (χ2n) is 5.94. The summed E-state index contributed by atoms with van der Waals surface area (Å²) >= 11 is 0. The number of hydrogen-bond acceptors (Lipinski definition) is 2. The molecule has 4 nitrogen and oxygen atoms in total. The van der Waals surface area contributed by atoms with Gasteiger partial charge in [0.2, 0.25) is 5.91 Å². The number of amides is 1. The first-order chi connectivity index (χ1) is 10.2. The molecule has 0 heterocycles. The molecule has 22 heavy (non-hydrogen) atoms. The van der Waals surface area contributed by atoms with Crippen LogP contribution in [0, 0.1) is 17.0 Å². The maximum Gasteiger partial charge on any atom is 0.309 e. The van der Waals surface area contributed by atoms with Crippen LogP contribution in [0.3, 0.4) is 0 Å². The molecule has 0 aliphatic carbocycles. The monoisotopic (exact) mass is 313 g/mol. The summed E-state index contributed by atoms with van der Waals surface area (Å²) in [5.41, 5.74) is -1.01. The van der Waals surface area contributed by atoms with Gasteiger partial charge in [-0.25, -0.2) is 8.78 Å². The topological polar surface area (TPSA) is 66.4 Å². The van der Waals surface area contributed by atoms with E-state index in [4.69, 9.17) is 5.11 Å². The number of benzene rings is 1. The molecule has 1 unspecified atom stereocenters. The van der Waals surface area contributed by atoms with E-state index in [0.717, 1.165) is 12.1 Å². The third-order valence-corrected chi connectivity index (χ3v) is 3.43. The zero-order valence-electron chi connectivity index (χ0n) is 13.0. The summed E-state index contributed by atoms with van der Waals surface area (Å²) in [5.74, 6) is -2.97. The summed E-state index contributed by atoms with van der Waals surface area (Å²) in [6.07, 6.45) is 0.942. The number of carbonyl (C=O) groups is 2. The lowest BCUT2D eigenvalue weighted by Gasteiger charge is -2.23. The van der Waals surface area contributed by atoms with Gasteiger partial charge in [0.15, 0.2) is 0 Å². The fraction of sp³-hybridized carbons (Fsp3) is 0.500. The summed E-state index contributed by atoms with van der Waals surface area (Å²) in [6, 6.07) is 2.59. The number of aliphatic carboxylic acids is 1. The fourth-order valence-electron chi connectivity index (χ4n) is 2.10. The first-order valence-electron chi connectivity index (χ1n) is 7.15. The van der Waals surface area contributed by atoms with Crippen molar-refractivity contribution in [3.63, 3.8) is 0 Å². The smallest absolute Gasteiger partial charge is 0.309 e. The first-order valence-corrected chi connectivity index (χ1v) is 7.15. The molecule has 6 heteroatoms. The Kier molecular flexibility index (Phi) is 6.02. The normalized spacial score (nSPS) is 12.8. The Hall–Kier alpha value is -1.98. The van der Waals surface area contributed by atoms with E-state index >= 15 is 0 Å². The van der Waals surface area contributed by atoms with E-state index in [-0.39, 0.29) is 12.0 Å². The standard InChI is InChI=1S/C16H21F2NO3/c1-4-5-13(11-7-6-10(17)8-12(11)18)19-14(20)9-16(2,3)15(21)22/h6-8,13H,4-5,9H2,1-3H3,(H,19,20)(H,21,22). The van der Waals surface area contributed by atoms with Crippen LogP contribution in [-0.2, 0) is 9.59 Å². The number of carbonyl (C=O) groups excluding carboxylic acids is 1. The average Bonchev–Trinajstić information content (AvgIpc) is 2.37. The predicted octanol–water partition coefficient (Wildman–Crippen LogP) is 3.42. The van der Waals surface area contributed by atoms with E-state index in [2.05, 4.69) is 5.32 Å². The minimum absolute atomic E-state index is 0.199. The quantitative estimate of drug-likeness (QED) is 0.810. The third kappa shape index (κ3) is 4.79. The molecule has 0 spiro atoms. The SMILES string of the molecule is CCCC(NC(=O)CC(C)(C)C(=O)O)c1ccc(F)cc1F. The highest BCUT2D eigenvalue weighted by Crippen LogP contribution is 2.25. The minimum Gasteiger partial charge on any atom is -0.481 e. The van der Waals surface area contributed by atoms with Crippen LogP contribution in [0.15, 0.2) is 18.2 Å². The van der Waals surface area contributed by atoms with Crippen molar-refractivity contribution in [3.05, 3.63) is 35.4 Å². The van der Waals surface area contributed by atoms with Crippen LogP contribution < -0.4 is 5.32 Å². The van der Waals surface area contributed by atoms with Crippen LogP contribution >= 0.6 is 0 Å². The molecule has 0 fully saturated rings. The van der Waals surface area contributed by atoms with Crippen LogP contribution in [0.5, 0.6) is 0 Å². The molecule has 0 aliphatic rings. The Bertz CT molecular complexity index is 558. The molecule has 0 aliphatic heterocycles. The highest BCUT2D eigenvalue weighted by molar-refractivity contribution is 5.84. The molecule has 1 aromatic rings. The molecule has 1 amide bonds. The summed E-state index contributed by atoms with van der Waals surface area (Å²) in [5, 5.41) is 11.7. The number of nitrogens with one attached hydrogen (secondary N) is 1. The molecule has 0 bridgehead atoms. The minimum atomic E-state index is -1.21. The highest BCUT2D eigenvalue weighted by Gasteiger charge is 2.31. The van der Waals surface area contributed by atoms with E-state index in [1.807, 2.05) is 6.92 Å². The van der Waals surface area contributed by atoms with Gasteiger partial charge in [-0.15, -0.1) is 0 Å². The molecule has 2 N–H and O–H groups in total. The maximum absolute atomic E-state index is 13.9. The second kappa shape index (κ2) is 7.33. The van der Waals surface area contributed by atoms with Crippen LogP contribution in [0.1, 0.15) is 51.6 Å². The van der Waals surface area contributed by atoms with Crippen LogP contribution in [-0.4, -0.2) is 17.0 Å². The van der Waals surface area contributed by atoms with Gasteiger partial charge in [0.25, 0.3) is 0 Å². The van der Waals surface area contributed by atoms with Gasteiger partial charge in [-0.1, -0.05) is 19.4 Å². The molecule has 0 radical (unpaired) electrons. The van der Waals surface area contributed by atoms with E-state index in [0.29, 0.717) is 12.8 Å². The van der Waals surface area contributed by atoms with Crippen molar-refractivity contribution in [1.82, 2.24) is 5.32 Å². The zero-order chi connectivity index (χ0) is 16.9. The van der Waals surface area contributed by atoms with Crippen molar-refractivity contribution in [3.8, 4) is 0 Å². The number of hydrogen-bond donors (Lipinski definition) is 2. The fourth-order valence-corrected chi connectivity index (χ4v) is 2.10. The Labute approximate surface area is 128 Å². The van der Waals surface area contributed by atoms with Gasteiger partial charge in [-0.05, 0) is 26.3 Å². The number of carboxylic acid groups (broad SMARTS) is 1. The van der Waals surface area contributed by atoms with Gasteiger partial charge >= 0.3 is 5.97 Å². The lowest BCUT2D eigenvalue weighted by molar-refractivity contribution is -0.149. The average molecular weight is 313 g/mol. The Morgan fingerprint density at radius 2 is 1.95 bits per heavy atom. The molecule has 1 aromatic carbocycles. The predicted molar refractivity (Wildman–Crippen MR) is 78.2 cm³/mol. The van der Waals surface area contributed by atoms with Gasteiger partial charge in [0.05, 0.1) is 11.5 Å². The van der Waals surface area contributed by atoms with Crippen LogP contribution in [0.25, 0.3) is 0 Å². The second-order valence-corrected chi connectivity index (χ2v) is 5.94. The number of halogens is 2. The first kappa shape index (κ1) is 18.1. The van der Waals surface area contributed by atoms with E-state index in [9.17, 15) is 18.4 Å². The van der Waals surface area contributed by atoms with Crippen molar-refractivity contribution in [2.24, 2.45) is 5.41 Å². The number of carboxylic acids is 1. The maximum atomic E-state index is 13.9. The van der Waals surface area contributed by atoms with Crippen LogP contribution in [0.2, 0.25) is 0 Å². The van der Waals surface area contributed by atoms with Crippen molar-refractivity contribution < 1.29 is 23.5 Å². The molecular formula is C16H21F2NO3. The highest BCUT2D eigenvalue weighted by atomic mass is 19.1. The van der Waals surface area contributed by atoms with Crippen molar-refractivity contribution >= 4 is 11.9 Å². The molecule has 1 atom stereocenters. The van der Waals surface area contributed by atoms with Gasteiger partial charge in [-0.3, -0.25) is 9.59 Å². The van der Waals surface area contributed by atoms with E-state index < -0.39 is 35.0 Å². The molecule has 0 aromatic heterocycles. The van der Waals surface area contributed by atoms with Crippen LogP contribution in [0.4, 0.5) is 8.78 Å². The van der Waals surface area contributed by atoms with Gasteiger partial charge in [0, 0.05) is 18.1 Å². The Balaban J connectivity index is 2.88. The van der Waals surface area contributed by atoms with Gasteiger partial charge in [-0.2, -0.15) is 0 Å². The largest absolute Gasteiger partial charge is 0.481 e.